The van der Waals surface area contributed by atoms with Crippen LogP contribution in [0, 0.1) is 5.92 Å². The average Bonchev–Trinajstić information content (AvgIpc) is 3.27. The summed E-state index contributed by atoms with van der Waals surface area (Å²) in [6, 6.07) is 32.0. The van der Waals surface area contributed by atoms with E-state index in [2.05, 4.69) is 0 Å². The summed E-state index contributed by atoms with van der Waals surface area (Å²) in [6.45, 7) is 4.95. The van der Waals surface area contributed by atoms with Crippen molar-refractivity contribution in [2.75, 3.05) is 13.2 Å². The first-order valence-corrected chi connectivity index (χ1v) is 19.7. The molecule has 2 fully saturated rings. The number of rotatable bonds is 14. The van der Waals surface area contributed by atoms with Crippen molar-refractivity contribution in [2.24, 2.45) is 5.92 Å². The van der Waals surface area contributed by atoms with Gasteiger partial charge in [-0.1, -0.05) is 79.7 Å². The molecular formula is C46H46O15. The fourth-order valence-corrected chi connectivity index (χ4v) is 7.14. The molecule has 10 unspecified atom stereocenters. The van der Waals surface area contributed by atoms with E-state index in [-0.39, 0.29) is 28.9 Å². The Balaban J connectivity index is 1.40. The van der Waals surface area contributed by atoms with E-state index in [0.717, 1.165) is 0 Å². The van der Waals surface area contributed by atoms with Crippen LogP contribution in [-0.2, 0) is 52.2 Å². The summed E-state index contributed by atoms with van der Waals surface area (Å²) >= 11 is 0. The Bertz CT molecular complexity index is 2110. The Kier molecular flexibility index (Phi) is 15.0. The van der Waals surface area contributed by atoms with E-state index in [1.807, 2.05) is 0 Å². The summed E-state index contributed by atoms with van der Waals surface area (Å²) in [5.74, 6) is -5.11. The molecule has 10 atom stereocenters. The van der Waals surface area contributed by atoms with Crippen molar-refractivity contribution >= 4 is 35.8 Å². The molecule has 61 heavy (non-hydrogen) atoms. The number of esters is 6. The molecule has 2 heterocycles. The van der Waals surface area contributed by atoms with Gasteiger partial charge in [-0.05, 0) is 55.5 Å². The highest BCUT2D eigenvalue weighted by molar-refractivity contribution is 5.91. The van der Waals surface area contributed by atoms with Crippen LogP contribution < -0.4 is 0 Å². The number of benzene rings is 4. The molecule has 15 heteroatoms. The minimum atomic E-state index is -1.66. The maximum atomic E-state index is 13.9. The van der Waals surface area contributed by atoms with Crippen LogP contribution in [0.15, 0.2) is 121 Å². The van der Waals surface area contributed by atoms with Gasteiger partial charge in [0.25, 0.3) is 0 Å². The molecule has 2 aliphatic heterocycles. The van der Waals surface area contributed by atoms with Gasteiger partial charge in [-0.2, -0.15) is 0 Å². The van der Waals surface area contributed by atoms with Crippen LogP contribution in [0.4, 0.5) is 0 Å². The van der Waals surface area contributed by atoms with Crippen LogP contribution in [0.2, 0.25) is 0 Å². The molecule has 0 spiro atoms. The fourth-order valence-electron chi connectivity index (χ4n) is 7.14. The van der Waals surface area contributed by atoms with Crippen molar-refractivity contribution < 1.29 is 71.4 Å². The second kappa shape index (κ2) is 20.7. The summed E-state index contributed by atoms with van der Waals surface area (Å²) in [5, 5.41) is 0. The molecule has 0 amide bonds. The van der Waals surface area contributed by atoms with Gasteiger partial charge in [0.1, 0.15) is 31.0 Å². The fraction of sp³-hybridized carbons (Fsp3) is 0.348. The lowest BCUT2D eigenvalue weighted by Gasteiger charge is -2.46. The molecule has 0 aromatic heterocycles. The zero-order valence-corrected chi connectivity index (χ0v) is 33.9. The van der Waals surface area contributed by atoms with Gasteiger partial charge >= 0.3 is 35.8 Å². The van der Waals surface area contributed by atoms with Gasteiger partial charge < -0.3 is 42.6 Å². The summed E-state index contributed by atoms with van der Waals surface area (Å²) < 4.78 is 54.2. The van der Waals surface area contributed by atoms with Crippen molar-refractivity contribution in [3.8, 4) is 0 Å². The Labute approximate surface area is 352 Å². The van der Waals surface area contributed by atoms with Gasteiger partial charge in [0.15, 0.2) is 24.6 Å². The molecule has 2 aliphatic rings. The molecule has 4 aromatic rings. The lowest BCUT2D eigenvalue weighted by molar-refractivity contribution is -0.310. The van der Waals surface area contributed by atoms with E-state index >= 15 is 0 Å². The first-order valence-electron chi connectivity index (χ1n) is 19.7. The smallest absolute Gasteiger partial charge is 0.338 e. The standard InChI is InChI=1S/C46H46O15/c1-27-37(56-29(3)47)28(2)55-35(38(27)57-30(4)48)26-54-46-41(61-45(52)34-23-15-8-16-24-34)40(60-44(51)33-21-13-7-14-22-33)39(59-43(50)32-19-11-6-12-20-32)36(58-46)25-53-42(49)31-17-9-5-10-18-31/h5-24,27-28,35-41,46H,25-26H2,1-4H3. The second-order valence-corrected chi connectivity index (χ2v) is 14.4. The number of hydrogen-bond donors (Lipinski definition) is 0. The van der Waals surface area contributed by atoms with Crippen molar-refractivity contribution in [1.82, 2.24) is 0 Å². The molecule has 6 rings (SSSR count). The lowest BCUT2D eigenvalue weighted by Crippen LogP contribution is -2.64. The highest BCUT2D eigenvalue weighted by Gasteiger charge is 2.54. The Hall–Kier alpha value is -6.42. The summed E-state index contributed by atoms with van der Waals surface area (Å²) in [5.41, 5.74) is 0.584. The monoisotopic (exact) mass is 838 g/mol. The lowest BCUT2D eigenvalue weighted by atomic mass is 9.87. The molecule has 0 bridgehead atoms. The van der Waals surface area contributed by atoms with Gasteiger partial charge in [-0.15, -0.1) is 0 Å². The van der Waals surface area contributed by atoms with E-state index in [1.165, 1.54) is 50.2 Å². The maximum absolute atomic E-state index is 13.9. The Morgan fingerprint density at radius 1 is 0.443 bits per heavy atom. The minimum absolute atomic E-state index is 0.116. The zero-order valence-electron chi connectivity index (χ0n) is 33.9. The van der Waals surface area contributed by atoms with Crippen molar-refractivity contribution in [1.29, 1.82) is 0 Å². The Morgan fingerprint density at radius 2 is 0.836 bits per heavy atom. The summed E-state index contributed by atoms with van der Waals surface area (Å²) in [7, 11) is 0. The third-order valence-corrected chi connectivity index (χ3v) is 10.0. The van der Waals surface area contributed by atoms with Crippen LogP contribution >= 0.6 is 0 Å². The normalized spacial score (nSPS) is 25.8. The minimum Gasteiger partial charge on any atom is -0.459 e. The molecule has 0 aliphatic carbocycles. The first kappa shape index (κ1) is 44.1. The third-order valence-electron chi connectivity index (χ3n) is 10.0. The molecule has 15 nitrogen and oxygen atoms in total. The number of carbonyl (C=O) groups is 6. The van der Waals surface area contributed by atoms with Gasteiger partial charge in [0, 0.05) is 19.8 Å². The highest BCUT2D eigenvalue weighted by atomic mass is 16.7. The van der Waals surface area contributed by atoms with Gasteiger partial charge in [0.05, 0.1) is 35.0 Å². The van der Waals surface area contributed by atoms with Crippen LogP contribution in [0.3, 0.4) is 0 Å². The van der Waals surface area contributed by atoms with Crippen LogP contribution in [0.25, 0.3) is 0 Å². The molecule has 320 valence electrons. The molecular weight excluding hydrogens is 792 g/mol. The van der Waals surface area contributed by atoms with E-state index in [9.17, 15) is 28.8 Å². The van der Waals surface area contributed by atoms with Crippen LogP contribution in [-0.4, -0.2) is 104 Å². The number of hydrogen-bond acceptors (Lipinski definition) is 15. The van der Waals surface area contributed by atoms with E-state index < -0.39 is 103 Å². The van der Waals surface area contributed by atoms with Gasteiger partial charge in [0.2, 0.25) is 0 Å². The summed E-state index contributed by atoms with van der Waals surface area (Å²) in [4.78, 5) is 79.2. The van der Waals surface area contributed by atoms with E-state index in [0.29, 0.717) is 0 Å². The van der Waals surface area contributed by atoms with Crippen molar-refractivity contribution in [3.05, 3.63) is 144 Å². The van der Waals surface area contributed by atoms with Crippen molar-refractivity contribution in [2.45, 2.75) is 82.8 Å². The molecule has 2 saturated heterocycles. The molecule has 0 radical (unpaired) electrons. The molecule has 0 saturated carbocycles. The third kappa shape index (κ3) is 11.4. The predicted molar refractivity (Wildman–Crippen MR) is 213 cm³/mol. The second-order valence-electron chi connectivity index (χ2n) is 14.4. The van der Waals surface area contributed by atoms with Gasteiger partial charge in [-0.3, -0.25) is 9.59 Å². The predicted octanol–water partition coefficient (Wildman–Crippen LogP) is 5.55. The largest absolute Gasteiger partial charge is 0.459 e. The number of carbonyl (C=O) groups excluding carboxylic acids is 6. The maximum Gasteiger partial charge on any atom is 0.338 e. The zero-order chi connectivity index (χ0) is 43.5. The first-order chi connectivity index (χ1) is 29.4. The van der Waals surface area contributed by atoms with Crippen LogP contribution in [0.5, 0.6) is 0 Å². The van der Waals surface area contributed by atoms with Crippen molar-refractivity contribution in [3.63, 3.8) is 0 Å². The van der Waals surface area contributed by atoms with E-state index in [1.54, 1.807) is 98.8 Å². The SMILES string of the molecule is CC(=O)OC1C(C)OC(COC2OC(COC(=O)c3ccccc3)C(OC(=O)c3ccccc3)C(OC(=O)c3ccccc3)C2OC(=O)c2ccccc2)C(OC(C)=O)C1C. The van der Waals surface area contributed by atoms with E-state index in [4.69, 9.17) is 42.6 Å². The van der Waals surface area contributed by atoms with Gasteiger partial charge in [-0.25, -0.2) is 19.2 Å². The number of ether oxygens (including phenoxy) is 9. The topological polar surface area (TPSA) is 185 Å². The molecule has 4 aromatic carbocycles. The highest BCUT2D eigenvalue weighted by Crippen LogP contribution is 2.35. The average molecular weight is 839 g/mol. The quantitative estimate of drug-likeness (QED) is 0.114. The molecule has 0 N–H and O–H groups in total. The Morgan fingerprint density at radius 3 is 1.30 bits per heavy atom. The summed E-state index contributed by atoms with van der Waals surface area (Å²) in [6.07, 6.45) is -11.4. The van der Waals surface area contributed by atoms with Crippen LogP contribution in [0.1, 0.15) is 69.1 Å².